The number of furan rings is 1. The van der Waals surface area contributed by atoms with Gasteiger partial charge in [-0.05, 0) is 49.9 Å². The molecule has 0 unspecified atom stereocenters. The van der Waals surface area contributed by atoms with E-state index in [4.69, 9.17) is 4.42 Å². The molecule has 1 aliphatic heterocycles. The lowest BCUT2D eigenvalue weighted by atomic mass is 10.1. The summed E-state index contributed by atoms with van der Waals surface area (Å²) in [5.74, 6) is 1.35. The summed E-state index contributed by atoms with van der Waals surface area (Å²) in [6.45, 7) is 4.09. The van der Waals surface area contributed by atoms with Gasteiger partial charge < -0.3 is 4.42 Å². The molecule has 4 rings (SSSR count). The minimum atomic E-state index is -0.0795. The molecule has 0 saturated carbocycles. The van der Waals surface area contributed by atoms with Crippen molar-refractivity contribution in [3.63, 3.8) is 0 Å². The number of aliphatic imine (C=N–C) groups is 1. The van der Waals surface area contributed by atoms with Crippen molar-refractivity contribution in [2.24, 2.45) is 4.99 Å². The smallest absolute Gasteiger partial charge is 0.266 e. The van der Waals surface area contributed by atoms with Crippen molar-refractivity contribution >= 4 is 34.6 Å². The van der Waals surface area contributed by atoms with E-state index in [0.717, 1.165) is 17.0 Å². The molecule has 0 atom stereocenters. The predicted octanol–water partition coefficient (Wildman–Crippen LogP) is 5.80. The first-order valence-electron chi connectivity index (χ1n) is 8.99. The molecule has 140 valence electrons. The number of amides is 1. The van der Waals surface area contributed by atoms with E-state index in [1.54, 1.807) is 18.0 Å². The Bertz CT molecular complexity index is 1080. The summed E-state index contributed by atoms with van der Waals surface area (Å²) in [5.41, 5.74) is 4.22. The number of carbonyl (C=O) groups is 1. The monoisotopic (exact) mass is 388 g/mol. The van der Waals surface area contributed by atoms with Crippen molar-refractivity contribution in [2.45, 2.75) is 13.8 Å². The van der Waals surface area contributed by atoms with Gasteiger partial charge in [-0.3, -0.25) is 9.69 Å². The Kier molecular flexibility index (Phi) is 4.92. The van der Waals surface area contributed by atoms with Crippen molar-refractivity contribution in [1.82, 2.24) is 4.90 Å². The van der Waals surface area contributed by atoms with Crippen LogP contribution in [0.25, 0.3) is 17.4 Å². The van der Waals surface area contributed by atoms with E-state index in [2.05, 4.69) is 24.0 Å². The van der Waals surface area contributed by atoms with Crippen LogP contribution in [0.5, 0.6) is 0 Å². The molecule has 1 fully saturated rings. The summed E-state index contributed by atoms with van der Waals surface area (Å²) >= 11 is 1.36. The number of amidine groups is 1. The van der Waals surface area contributed by atoms with E-state index >= 15 is 0 Å². The largest absolute Gasteiger partial charge is 0.457 e. The predicted molar refractivity (Wildman–Crippen MR) is 115 cm³/mol. The highest BCUT2D eigenvalue weighted by Gasteiger charge is 2.30. The number of thioether (sulfide) groups is 1. The van der Waals surface area contributed by atoms with Crippen LogP contribution in [0, 0.1) is 13.8 Å². The van der Waals surface area contributed by atoms with Crippen LogP contribution in [0.15, 0.2) is 75.0 Å². The maximum Gasteiger partial charge on any atom is 0.266 e. The van der Waals surface area contributed by atoms with Gasteiger partial charge in [0.25, 0.3) is 5.91 Å². The maximum atomic E-state index is 12.6. The van der Waals surface area contributed by atoms with Crippen LogP contribution in [-0.2, 0) is 4.79 Å². The number of hydrogen-bond donors (Lipinski definition) is 0. The van der Waals surface area contributed by atoms with Crippen LogP contribution in [-0.4, -0.2) is 23.0 Å². The van der Waals surface area contributed by atoms with Gasteiger partial charge in [0, 0.05) is 18.7 Å². The Morgan fingerprint density at radius 3 is 2.25 bits per heavy atom. The second kappa shape index (κ2) is 7.52. The lowest BCUT2D eigenvalue weighted by Gasteiger charge is -2.07. The second-order valence-electron chi connectivity index (χ2n) is 6.77. The maximum absolute atomic E-state index is 12.6. The fourth-order valence-electron chi connectivity index (χ4n) is 2.81. The molecule has 0 radical (unpaired) electrons. The Morgan fingerprint density at radius 2 is 1.57 bits per heavy atom. The Balaban J connectivity index is 1.57. The van der Waals surface area contributed by atoms with Crippen LogP contribution in [0.4, 0.5) is 5.69 Å². The van der Waals surface area contributed by atoms with Gasteiger partial charge in [-0.25, -0.2) is 4.99 Å². The van der Waals surface area contributed by atoms with Crippen LogP contribution in [0.3, 0.4) is 0 Å². The van der Waals surface area contributed by atoms with Gasteiger partial charge in [0.1, 0.15) is 11.5 Å². The second-order valence-corrected chi connectivity index (χ2v) is 7.78. The summed E-state index contributed by atoms with van der Waals surface area (Å²) in [4.78, 5) is 19.4. The molecular formula is C23H20N2O2S. The van der Waals surface area contributed by atoms with E-state index in [0.29, 0.717) is 15.8 Å². The normalized spacial score (nSPS) is 17.1. The number of carbonyl (C=O) groups excluding carboxylic acids is 1. The highest BCUT2D eigenvalue weighted by atomic mass is 32.2. The van der Waals surface area contributed by atoms with E-state index in [-0.39, 0.29) is 5.91 Å². The van der Waals surface area contributed by atoms with E-state index in [1.165, 1.54) is 22.9 Å². The molecule has 4 nitrogen and oxygen atoms in total. The standard InChI is InChI=1S/C23H20N2O2S/c1-15-4-8-17(9-5-15)20-13-12-19(27-20)14-21-22(26)25(3)23(28-21)24-18-10-6-16(2)7-11-18/h4-14H,1-3H3/b21-14-,24-23+. The Hall–Kier alpha value is -3.05. The number of benzene rings is 2. The first kappa shape index (κ1) is 18.3. The Labute approximate surface area is 168 Å². The fraction of sp³-hybridized carbons (Fsp3) is 0.130. The molecule has 1 aliphatic rings. The average Bonchev–Trinajstić information content (AvgIpc) is 3.25. The van der Waals surface area contributed by atoms with Gasteiger partial charge in [-0.15, -0.1) is 0 Å². The van der Waals surface area contributed by atoms with Crippen LogP contribution >= 0.6 is 11.8 Å². The van der Waals surface area contributed by atoms with Crippen molar-refractivity contribution < 1.29 is 9.21 Å². The molecule has 0 bridgehead atoms. The van der Waals surface area contributed by atoms with Crippen molar-refractivity contribution in [1.29, 1.82) is 0 Å². The number of likely N-dealkylation sites (N-methyl/N-ethyl adjacent to an activating group) is 1. The topological polar surface area (TPSA) is 45.8 Å². The van der Waals surface area contributed by atoms with E-state index in [1.807, 2.05) is 55.5 Å². The third-order valence-corrected chi connectivity index (χ3v) is 5.56. The summed E-state index contributed by atoms with van der Waals surface area (Å²) in [5, 5.41) is 0.658. The molecule has 0 N–H and O–H groups in total. The molecule has 0 aliphatic carbocycles. The number of aryl methyl sites for hydroxylation is 2. The third-order valence-electron chi connectivity index (χ3n) is 4.50. The summed E-state index contributed by atoms with van der Waals surface area (Å²) < 4.78 is 5.92. The molecule has 2 aromatic carbocycles. The molecule has 1 amide bonds. The minimum Gasteiger partial charge on any atom is -0.457 e. The van der Waals surface area contributed by atoms with Gasteiger partial charge in [-0.1, -0.05) is 47.5 Å². The van der Waals surface area contributed by atoms with Crippen LogP contribution in [0.1, 0.15) is 16.9 Å². The summed E-state index contributed by atoms with van der Waals surface area (Å²) in [6.07, 6.45) is 1.78. The van der Waals surface area contributed by atoms with Gasteiger partial charge >= 0.3 is 0 Å². The molecule has 28 heavy (non-hydrogen) atoms. The lowest BCUT2D eigenvalue weighted by molar-refractivity contribution is -0.121. The quantitative estimate of drug-likeness (QED) is 0.533. The SMILES string of the molecule is Cc1ccc(/N=C2/S/C(=C\c3ccc(-c4ccc(C)cc4)o3)C(=O)N2C)cc1. The lowest BCUT2D eigenvalue weighted by Crippen LogP contribution is -2.23. The number of nitrogens with zero attached hydrogens (tertiary/aromatic N) is 2. The Morgan fingerprint density at radius 1 is 0.929 bits per heavy atom. The van der Waals surface area contributed by atoms with Crippen LogP contribution < -0.4 is 0 Å². The van der Waals surface area contributed by atoms with Gasteiger partial charge in [0.15, 0.2) is 5.17 Å². The van der Waals surface area contributed by atoms with Crippen molar-refractivity contribution in [3.05, 3.63) is 82.5 Å². The highest BCUT2D eigenvalue weighted by molar-refractivity contribution is 8.18. The zero-order valence-electron chi connectivity index (χ0n) is 16.0. The molecule has 2 heterocycles. The van der Waals surface area contributed by atoms with E-state index < -0.39 is 0 Å². The molecule has 5 heteroatoms. The fourth-order valence-corrected chi connectivity index (χ4v) is 3.78. The average molecular weight is 388 g/mol. The van der Waals surface area contributed by atoms with Gasteiger partial charge in [0.2, 0.25) is 0 Å². The molecule has 1 saturated heterocycles. The number of rotatable bonds is 3. The summed E-state index contributed by atoms with van der Waals surface area (Å²) in [6, 6.07) is 19.9. The molecule has 1 aromatic heterocycles. The highest BCUT2D eigenvalue weighted by Crippen LogP contribution is 2.34. The molecule has 3 aromatic rings. The minimum absolute atomic E-state index is 0.0795. The first-order valence-corrected chi connectivity index (χ1v) is 9.81. The van der Waals surface area contributed by atoms with E-state index in [9.17, 15) is 4.79 Å². The zero-order chi connectivity index (χ0) is 19.7. The first-order chi connectivity index (χ1) is 13.5. The third kappa shape index (κ3) is 3.80. The number of hydrogen-bond acceptors (Lipinski definition) is 4. The van der Waals surface area contributed by atoms with Gasteiger partial charge in [-0.2, -0.15) is 0 Å². The molecular weight excluding hydrogens is 368 g/mol. The van der Waals surface area contributed by atoms with Crippen LogP contribution in [0.2, 0.25) is 0 Å². The zero-order valence-corrected chi connectivity index (χ0v) is 16.8. The molecule has 0 spiro atoms. The van der Waals surface area contributed by atoms with Crippen molar-refractivity contribution in [3.8, 4) is 11.3 Å². The van der Waals surface area contributed by atoms with Gasteiger partial charge in [0.05, 0.1) is 10.6 Å². The summed E-state index contributed by atoms with van der Waals surface area (Å²) in [7, 11) is 1.74. The van der Waals surface area contributed by atoms with Crippen molar-refractivity contribution in [2.75, 3.05) is 7.05 Å².